The van der Waals surface area contributed by atoms with E-state index >= 15 is 0 Å². The summed E-state index contributed by atoms with van der Waals surface area (Å²) in [5.74, 6) is 0. The Hall–Kier alpha value is -0.370. The van der Waals surface area contributed by atoms with Crippen molar-refractivity contribution in [2.45, 2.75) is 0 Å². The number of rotatable bonds is 39. The summed E-state index contributed by atoms with van der Waals surface area (Å²) in [6, 6.07) is 0. The van der Waals surface area contributed by atoms with Gasteiger partial charge in [0.1, 0.15) is 0 Å². The van der Waals surface area contributed by atoms with E-state index in [1.165, 1.54) is 0 Å². The largest absolute Gasteiger partial charge is 0.475 e. The fourth-order valence-electron chi connectivity index (χ4n) is 2.79. The molecule has 0 atom stereocenters. The smallest absolute Gasteiger partial charge is 0.382 e. The van der Waals surface area contributed by atoms with Crippen molar-refractivity contribution in [3.63, 3.8) is 0 Å². The maximum atomic E-state index is 13.1. The second kappa shape index (κ2) is 37.1. The average Bonchev–Trinajstić information content (AvgIpc) is 3.02. The van der Waals surface area contributed by atoms with E-state index in [2.05, 4.69) is 0 Å². The molecule has 44 heavy (non-hydrogen) atoms. The van der Waals surface area contributed by atoms with Gasteiger partial charge in [0.2, 0.25) is 0 Å². The summed E-state index contributed by atoms with van der Waals surface area (Å²) in [7, 11) is 0.983. The van der Waals surface area contributed by atoms with Crippen LogP contribution >= 0.6 is 7.82 Å². The third kappa shape index (κ3) is 34.5. The average molecular weight is 669 g/mol. The molecular weight excluding hydrogens is 611 g/mol. The fourth-order valence-corrected chi connectivity index (χ4v) is 3.91. The van der Waals surface area contributed by atoms with Gasteiger partial charge in [0.05, 0.1) is 159 Å². The van der Waals surface area contributed by atoms with E-state index < -0.39 is 7.82 Å². The van der Waals surface area contributed by atoms with Crippen molar-refractivity contribution in [2.75, 3.05) is 180 Å². The Morgan fingerprint density at radius 1 is 0.273 bits per heavy atom. The number of ether oxygens (including phenoxy) is 12. The minimum Gasteiger partial charge on any atom is -0.382 e. The molecule has 0 radical (unpaired) electrons. The van der Waals surface area contributed by atoms with E-state index in [1.807, 2.05) is 0 Å². The SMILES string of the molecule is COCCOCCOCCOCCOP(=O)(OCCOCCOCCOCCOC)OCCOCCOCCOCCOC. The molecule has 0 unspecified atom stereocenters. The molecule has 0 saturated heterocycles. The van der Waals surface area contributed by atoms with Crippen molar-refractivity contribution < 1.29 is 75.0 Å². The van der Waals surface area contributed by atoms with Crippen molar-refractivity contribution in [3.8, 4) is 0 Å². The lowest BCUT2D eigenvalue weighted by atomic mass is 10.7. The van der Waals surface area contributed by atoms with Gasteiger partial charge in [0.15, 0.2) is 0 Å². The minimum atomic E-state index is -3.87. The molecule has 0 aliphatic heterocycles. The maximum Gasteiger partial charge on any atom is 0.475 e. The molecule has 0 aromatic rings. The van der Waals surface area contributed by atoms with Crippen LogP contribution in [0.3, 0.4) is 0 Å². The van der Waals surface area contributed by atoms with Gasteiger partial charge in [-0.3, -0.25) is 13.6 Å². The van der Waals surface area contributed by atoms with E-state index in [0.29, 0.717) is 119 Å². The number of hydrogen-bond donors (Lipinski definition) is 0. The Kier molecular flexibility index (Phi) is 36.8. The Morgan fingerprint density at radius 3 is 0.614 bits per heavy atom. The van der Waals surface area contributed by atoms with Crippen molar-refractivity contribution in [3.05, 3.63) is 0 Å². The Balaban J connectivity index is 4.07. The molecule has 266 valence electrons. The first kappa shape index (κ1) is 43.6. The van der Waals surface area contributed by atoms with Crippen LogP contribution in [0.5, 0.6) is 0 Å². The zero-order valence-electron chi connectivity index (χ0n) is 26.9. The second-order valence-corrected chi connectivity index (χ2v) is 10.1. The molecule has 0 spiro atoms. The van der Waals surface area contributed by atoms with Crippen LogP contribution in [0, 0.1) is 0 Å². The van der Waals surface area contributed by atoms with Crippen LogP contribution in [0.4, 0.5) is 0 Å². The van der Waals surface area contributed by atoms with Gasteiger partial charge in [0, 0.05) is 21.3 Å². The summed E-state index contributed by atoms with van der Waals surface area (Å²) in [6.45, 7) is 8.74. The summed E-state index contributed by atoms with van der Waals surface area (Å²) in [6.07, 6.45) is 0. The van der Waals surface area contributed by atoms with E-state index in [0.717, 1.165) is 0 Å². The third-order valence-electron chi connectivity index (χ3n) is 4.96. The topological polar surface area (TPSA) is 156 Å². The number of methoxy groups -OCH3 is 3. The fraction of sp³-hybridized carbons (Fsp3) is 1.00. The van der Waals surface area contributed by atoms with Crippen LogP contribution in [0.15, 0.2) is 0 Å². The molecule has 0 bridgehead atoms. The predicted octanol–water partition coefficient (Wildman–Crippen LogP) is 1.23. The summed E-state index contributed by atoms with van der Waals surface area (Å²) >= 11 is 0. The van der Waals surface area contributed by atoms with Crippen LogP contribution in [-0.4, -0.2) is 180 Å². The van der Waals surface area contributed by atoms with Crippen LogP contribution in [0.2, 0.25) is 0 Å². The number of hydrogen-bond acceptors (Lipinski definition) is 16. The highest BCUT2D eigenvalue weighted by Crippen LogP contribution is 2.49. The molecule has 0 aromatic carbocycles. The van der Waals surface area contributed by atoms with Gasteiger partial charge in [0.25, 0.3) is 0 Å². The van der Waals surface area contributed by atoms with Gasteiger partial charge >= 0.3 is 7.82 Å². The molecule has 17 heteroatoms. The lowest BCUT2D eigenvalue weighted by Gasteiger charge is -2.18. The summed E-state index contributed by atoms with van der Waals surface area (Å²) in [5.41, 5.74) is 0. The molecule has 0 fully saturated rings. The Bertz CT molecular complexity index is 516. The molecule has 0 aliphatic rings. The zero-order valence-corrected chi connectivity index (χ0v) is 27.8. The van der Waals surface area contributed by atoms with E-state index in [1.54, 1.807) is 21.3 Å². The van der Waals surface area contributed by atoms with Gasteiger partial charge in [-0.1, -0.05) is 0 Å². The summed E-state index contributed by atoms with van der Waals surface area (Å²) in [5, 5.41) is 0. The van der Waals surface area contributed by atoms with Gasteiger partial charge < -0.3 is 56.8 Å². The van der Waals surface area contributed by atoms with Gasteiger partial charge in [-0.15, -0.1) is 0 Å². The summed E-state index contributed by atoms with van der Waals surface area (Å²) < 4.78 is 92.6. The number of phosphoric ester groups is 1. The molecular formula is C27H57O16P. The van der Waals surface area contributed by atoms with Gasteiger partial charge in [-0.25, -0.2) is 4.57 Å². The highest BCUT2D eigenvalue weighted by Gasteiger charge is 2.26. The standard InChI is InChI=1S/C27H57O16P/c1-29-4-7-32-10-13-35-16-19-38-22-25-41-44(28,42-26-23-39-20-17-36-14-11-33-8-5-30-2)43-27-24-40-21-18-37-15-12-34-9-6-31-3/h4-27H2,1-3H3. The number of phosphoric acid groups is 1. The summed E-state index contributed by atoms with van der Waals surface area (Å²) in [4.78, 5) is 0. The van der Waals surface area contributed by atoms with E-state index in [9.17, 15) is 4.57 Å². The predicted molar refractivity (Wildman–Crippen MR) is 158 cm³/mol. The third-order valence-corrected chi connectivity index (χ3v) is 6.46. The van der Waals surface area contributed by atoms with Gasteiger partial charge in [-0.05, 0) is 0 Å². The molecule has 0 N–H and O–H groups in total. The molecule has 0 aliphatic carbocycles. The monoisotopic (exact) mass is 668 g/mol. The first-order valence-corrected chi connectivity index (χ1v) is 16.3. The highest BCUT2D eigenvalue weighted by atomic mass is 31.2. The molecule has 0 saturated carbocycles. The van der Waals surface area contributed by atoms with Crippen LogP contribution in [0.25, 0.3) is 0 Å². The van der Waals surface area contributed by atoms with Gasteiger partial charge in [-0.2, -0.15) is 0 Å². The first-order valence-electron chi connectivity index (χ1n) is 14.9. The second-order valence-electron chi connectivity index (χ2n) is 8.44. The van der Waals surface area contributed by atoms with E-state index in [4.69, 9.17) is 70.4 Å². The zero-order chi connectivity index (χ0) is 32.1. The van der Waals surface area contributed by atoms with Crippen LogP contribution < -0.4 is 0 Å². The Morgan fingerprint density at radius 2 is 0.432 bits per heavy atom. The molecule has 0 amide bonds. The molecule has 16 nitrogen and oxygen atoms in total. The lowest BCUT2D eigenvalue weighted by Crippen LogP contribution is -2.15. The molecule has 0 rings (SSSR count). The lowest BCUT2D eigenvalue weighted by molar-refractivity contribution is -0.0116. The maximum absolute atomic E-state index is 13.1. The molecule has 0 heterocycles. The van der Waals surface area contributed by atoms with Crippen molar-refractivity contribution in [1.82, 2.24) is 0 Å². The van der Waals surface area contributed by atoms with Crippen molar-refractivity contribution >= 4 is 7.82 Å². The highest BCUT2D eigenvalue weighted by molar-refractivity contribution is 7.48. The van der Waals surface area contributed by atoms with Crippen LogP contribution in [-0.2, 0) is 75.0 Å². The molecule has 0 aromatic heterocycles. The Labute approximate surface area is 262 Å². The van der Waals surface area contributed by atoms with Crippen molar-refractivity contribution in [1.29, 1.82) is 0 Å². The quantitative estimate of drug-likeness (QED) is 0.0680. The minimum absolute atomic E-state index is 0.000293. The normalized spacial score (nSPS) is 12.0. The van der Waals surface area contributed by atoms with Crippen molar-refractivity contribution in [2.24, 2.45) is 0 Å². The van der Waals surface area contributed by atoms with E-state index in [-0.39, 0.29) is 39.6 Å². The van der Waals surface area contributed by atoms with Crippen LogP contribution in [0.1, 0.15) is 0 Å². The first-order chi connectivity index (χ1) is 21.7.